The van der Waals surface area contributed by atoms with Crippen molar-refractivity contribution >= 4 is 34.5 Å². The number of hydrogen-bond donors (Lipinski definition) is 1. The van der Waals surface area contributed by atoms with Crippen molar-refractivity contribution in [3.05, 3.63) is 39.3 Å². The third kappa shape index (κ3) is 4.28. The van der Waals surface area contributed by atoms with Crippen LogP contribution in [0.5, 0.6) is 0 Å². The van der Waals surface area contributed by atoms with Crippen molar-refractivity contribution in [1.82, 2.24) is 10.2 Å². The predicted molar refractivity (Wildman–Crippen MR) is 82.5 cm³/mol. The van der Waals surface area contributed by atoms with E-state index in [0.29, 0.717) is 0 Å². The third-order valence-electron chi connectivity index (χ3n) is 2.88. The monoisotopic (exact) mass is 309 g/mol. The first kappa shape index (κ1) is 14.9. The minimum atomic E-state index is -0.284. The maximum atomic E-state index is 11.9. The van der Waals surface area contributed by atoms with Crippen LogP contribution in [-0.4, -0.2) is 16.1 Å². The molecule has 106 valence electrons. The lowest BCUT2D eigenvalue weighted by Crippen LogP contribution is -2.11. The predicted octanol–water partition coefficient (Wildman–Crippen LogP) is 4.18. The van der Waals surface area contributed by atoms with Gasteiger partial charge in [0.1, 0.15) is 0 Å². The molecule has 1 aromatic carbocycles. The second-order valence-corrected chi connectivity index (χ2v) is 6.03. The number of aryl methyl sites for hydroxylation is 1. The number of amides is 1. The van der Waals surface area contributed by atoms with Crippen LogP contribution in [0.2, 0.25) is 4.47 Å². The summed E-state index contributed by atoms with van der Waals surface area (Å²) in [5, 5.41) is 10.4. The molecule has 0 aliphatic carbocycles. The molecular formula is C14H16ClN3OS. The molecule has 1 heterocycles. The Bertz CT molecular complexity index is 568. The summed E-state index contributed by atoms with van der Waals surface area (Å²) < 4.78 is 0.265. The van der Waals surface area contributed by atoms with Crippen LogP contribution in [0.25, 0.3) is 0 Å². The second-order valence-electron chi connectivity index (χ2n) is 4.47. The molecule has 0 saturated carbocycles. The fraction of sp³-hybridized carbons (Fsp3) is 0.357. The van der Waals surface area contributed by atoms with Gasteiger partial charge >= 0.3 is 0 Å². The van der Waals surface area contributed by atoms with E-state index >= 15 is 0 Å². The van der Waals surface area contributed by atoms with E-state index in [-0.39, 0.29) is 15.4 Å². The Kier molecular flexibility index (Phi) is 5.49. The number of unbranched alkanes of at least 4 members (excludes halogenated alkanes) is 2. The van der Waals surface area contributed by atoms with Gasteiger partial charge < -0.3 is 5.32 Å². The zero-order valence-corrected chi connectivity index (χ0v) is 12.8. The largest absolute Gasteiger partial charge is 0.320 e. The minimum absolute atomic E-state index is 0.265. The van der Waals surface area contributed by atoms with Crippen LogP contribution in [0.1, 0.15) is 41.6 Å². The summed E-state index contributed by atoms with van der Waals surface area (Å²) in [4.78, 5) is 11.9. The number of aromatic nitrogens is 2. The molecule has 1 aromatic heterocycles. The van der Waals surface area contributed by atoms with Crippen molar-refractivity contribution in [3.8, 4) is 0 Å². The first-order valence-electron chi connectivity index (χ1n) is 6.58. The van der Waals surface area contributed by atoms with Crippen LogP contribution in [0.15, 0.2) is 24.3 Å². The first-order valence-corrected chi connectivity index (χ1v) is 7.78. The highest BCUT2D eigenvalue weighted by atomic mass is 35.5. The highest BCUT2D eigenvalue weighted by Crippen LogP contribution is 2.17. The summed E-state index contributed by atoms with van der Waals surface area (Å²) in [7, 11) is 0. The molecule has 0 radical (unpaired) electrons. The van der Waals surface area contributed by atoms with Gasteiger partial charge in [0.05, 0.1) is 0 Å². The molecule has 1 N–H and O–H groups in total. The number of hydrogen-bond acceptors (Lipinski definition) is 4. The van der Waals surface area contributed by atoms with Gasteiger partial charge in [0.25, 0.3) is 5.91 Å². The van der Waals surface area contributed by atoms with Gasteiger partial charge in [-0.1, -0.05) is 43.2 Å². The number of nitrogens with zero attached hydrogens (tertiary/aromatic N) is 2. The van der Waals surface area contributed by atoms with Crippen molar-refractivity contribution in [3.63, 3.8) is 0 Å². The van der Waals surface area contributed by atoms with E-state index in [1.54, 1.807) is 0 Å². The van der Waals surface area contributed by atoms with E-state index in [4.69, 9.17) is 11.6 Å². The lowest BCUT2D eigenvalue weighted by atomic mass is 10.1. The lowest BCUT2D eigenvalue weighted by molar-refractivity contribution is 0.102. The van der Waals surface area contributed by atoms with Gasteiger partial charge in [-0.15, -0.1) is 10.2 Å². The SMILES string of the molecule is CCCCCc1ccc(NC(=O)c2nnc(Cl)s2)cc1. The minimum Gasteiger partial charge on any atom is -0.320 e. The van der Waals surface area contributed by atoms with E-state index in [9.17, 15) is 4.79 Å². The Morgan fingerprint density at radius 3 is 2.60 bits per heavy atom. The quantitative estimate of drug-likeness (QED) is 0.814. The third-order valence-corrected chi connectivity index (χ3v) is 3.89. The van der Waals surface area contributed by atoms with Gasteiger partial charge in [-0.25, -0.2) is 0 Å². The van der Waals surface area contributed by atoms with Crippen LogP contribution in [-0.2, 0) is 6.42 Å². The van der Waals surface area contributed by atoms with Gasteiger partial charge in [0.2, 0.25) is 9.47 Å². The van der Waals surface area contributed by atoms with Crippen molar-refractivity contribution in [2.45, 2.75) is 32.6 Å². The molecule has 0 spiro atoms. The number of halogens is 1. The Morgan fingerprint density at radius 2 is 2.00 bits per heavy atom. The van der Waals surface area contributed by atoms with E-state index in [1.807, 2.05) is 24.3 Å². The Hall–Kier alpha value is -1.46. The molecule has 0 fully saturated rings. The maximum Gasteiger partial charge on any atom is 0.286 e. The molecule has 0 unspecified atom stereocenters. The van der Waals surface area contributed by atoms with Crippen molar-refractivity contribution in [1.29, 1.82) is 0 Å². The van der Waals surface area contributed by atoms with E-state index in [0.717, 1.165) is 23.4 Å². The van der Waals surface area contributed by atoms with Crippen LogP contribution in [0, 0.1) is 0 Å². The Morgan fingerprint density at radius 1 is 1.25 bits per heavy atom. The van der Waals surface area contributed by atoms with Gasteiger partial charge in [-0.05, 0) is 42.1 Å². The van der Waals surface area contributed by atoms with Crippen LogP contribution >= 0.6 is 22.9 Å². The highest BCUT2D eigenvalue weighted by molar-refractivity contribution is 7.17. The number of rotatable bonds is 6. The fourth-order valence-corrected chi connectivity index (χ4v) is 2.54. The molecule has 6 heteroatoms. The first-order chi connectivity index (χ1) is 9.69. The normalized spacial score (nSPS) is 10.5. The molecule has 1 amide bonds. The summed E-state index contributed by atoms with van der Waals surface area (Å²) >= 11 is 6.72. The standard InChI is InChI=1S/C14H16ClN3OS/c1-2-3-4-5-10-6-8-11(9-7-10)16-12(19)13-17-18-14(15)20-13/h6-9H,2-5H2,1H3,(H,16,19). The smallest absolute Gasteiger partial charge is 0.286 e. The zero-order chi connectivity index (χ0) is 14.4. The van der Waals surface area contributed by atoms with Crippen molar-refractivity contribution < 1.29 is 4.79 Å². The number of anilines is 1. The molecular weight excluding hydrogens is 294 g/mol. The molecule has 0 saturated heterocycles. The van der Waals surface area contributed by atoms with Gasteiger partial charge in [0, 0.05) is 5.69 Å². The zero-order valence-electron chi connectivity index (χ0n) is 11.2. The van der Waals surface area contributed by atoms with Crippen molar-refractivity contribution in [2.75, 3.05) is 5.32 Å². The summed E-state index contributed by atoms with van der Waals surface area (Å²) in [5.74, 6) is -0.284. The van der Waals surface area contributed by atoms with Crippen LogP contribution < -0.4 is 5.32 Å². The summed E-state index contributed by atoms with van der Waals surface area (Å²) in [6, 6.07) is 7.89. The molecule has 2 aromatic rings. The summed E-state index contributed by atoms with van der Waals surface area (Å²) in [6.07, 6.45) is 4.74. The second kappa shape index (κ2) is 7.36. The van der Waals surface area contributed by atoms with Gasteiger partial charge in [-0.2, -0.15) is 0 Å². The number of carbonyl (C=O) groups is 1. The highest BCUT2D eigenvalue weighted by Gasteiger charge is 2.11. The fourth-order valence-electron chi connectivity index (χ4n) is 1.82. The van der Waals surface area contributed by atoms with Crippen LogP contribution in [0.3, 0.4) is 0 Å². The summed E-state index contributed by atoms with van der Waals surface area (Å²) in [5.41, 5.74) is 2.04. The average Bonchev–Trinajstić information content (AvgIpc) is 2.88. The molecule has 0 atom stereocenters. The van der Waals surface area contributed by atoms with Gasteiger partial charge in [-0.3, -0.25) is 4.79 Å². The molecule has 0 aliphatic heterocycles. The Labute approximate surface area is 127 Å². The molecule has 0 bridgehead atoms. The molecule has 20 heavy (non-hydrogen) atoms. The molecule has 4 nitrogen and oxygen atoms in total. The summed E-state index contributed by atoms with van der Waals surface area (Å²) in [6.45, 7) is 2.19. The maximum absolute atomic E-state index is 11.9. The molecule has 2 rings (SSSR count). The average molecular weight is 310 g/mol. The van der Waals surface area contributed by atoms with Gasteiger partial charge in [0.15, 0.2) is 0 Å². The van der Waals surface area contributed by atoms with Crippen molar-refractivity contribution in [2.24, 2.45) is 0 Å². The number of carbonyl (C=O) groups excluding carboxylic acids is 1. The number of benzene rings is 1. The molecule has 0 aliphatic rings. The lowest BCUT2D eigenvalue weighted by Gasteiger charge is -2.05. The van der Waals surface area contributed by atoms with E-state index in [1.165, 1.54) is 24.8 Å². The van der Waals surface area contributed by atoms with E-state index < -0.39 is 0 Å². The van der Waals surface area contributed by atoms with Crippen LogP contribution in [0.4, 0.5) is 5.69 Å². The Balaban J connectivity index is 1.91. The number of nitrogens with one attached hydrogen (secondary N) is 1. The topological polar surface area (TPSA) is 54.9 Å². The van der Waals surface area contributed by atoms with E-state index in [2.05, 4.69) is 22.4 Å².